The fraction of sp³-hybridized carbons (Fsp3) is 0.167. The van der Waals surface area contributed by atoms with Gasteiger partial charge in [-0.15, -0.1) is 0 Å². The van der Waals surface area contributed by atoms with E-state index in [9.17, 15) is 9.59 Å². The van der Waals surface area contributed by atoms with Gasteiger partial charge in [-0.05, 0) is 18.2 Å². The molecule has 0 aliphatic heterocycles. The molecule has 84 valence electrons. The lowest BCUT2D eigenvalue weighted by Gasteiger charge is -2.02. The van der Waals surface area contributed by atoms with Crippen molar-refractivity contribution in [3.8, 4) is 12.1 Å². The average Bonchev–Trinajstić information content (AvgIpc) is 2.37. The van der Waals surface area contributed by atoms with Crippen LogP contribution in [0.1, 0.15) is 27.9 Å². The monoisotopic (exact) mass is 228 g/mol. The lowest BCUT2D eigenvalue weighted by Crippen LogP contribution is -2.11. The van der Waals surface area contributed by atoms with E-state index in [1.807, 2.05) is 12.1 Å². The molecule has 0 saturated carbocycles. The van der Waals surface area contributed by atoms with Gasteiger partial charge in [0.1, 0.15) is 6.42 Å². The highest BCUT2D eigenvalue weighted by atomic mass is 16.5. The van der Waals surface area contributed by atoms with Crippen LogP contribution in [0.3, 0.4) is 0 Å². The number of Topliss-reactive ketones (excluding diaryl/α,β-unsaturated/α-hetero) is 1. The van der Waals surface area contributed by atoms with Gasteiger partial charge in [-0.3, -0.25) is 9.59 Å². The molecule has 0 bridgehead atoms. The molecule has 5 heteroatoms. The quantitative estimate of drug-likeness (QED) is 0.440. The van der Waals surface area contributed by atoms with Crippen LogP contribution >= 0.6 is 0 Å². The average molecular weight is 228 g/mol. The van der Waals surface area contributed by atoms with Gasteiger partial charge in [0.15, 0.2) is 5.78 Å². The number of ketones is 1. The van der Waals surface area contributed by atoms with E-state index in [1.165, 1.54) is 25.3 Å². The fourth-order valence-electron chi connectivity index (χ4n) is 1.24. The molecule has 0 spiro atoms. The zero-order valence-electron chi connectivity index (χ0n) is 9.06. The molecule has 0 fully saturated rings. The van der Waals surface area contributed by atoms with E-state index in [4.69, 9.17) is 10.5 Å². The summed E-state index contributed by atoms with van der Waals surface area (Å²) in [7, 11) is 1.17. The summed E-state index contributed by atoms with van der Waals surface area (Å²) in [6.45, 7) is 0. The van der Waals surface area contributed by atoms with Gasteiger partial charge in [-0.2, -0.15) is 10.5 Å². The van der Waals surface area contributed by atoms with E-state index in [2.05, 4.69) is 4.74 Å². The molecule has 0 aliphatic rings. The number of methoxy groups -OCH3 is 1. The summed E-state index contributed by atoms with van der Waals surface area (Å²) in [5.74, 6) is -1.22. The van der Waals surface area contributed by atoms with Gasteiger partial charge in [0.2, 0.25) is 0 Å². The topological polar surface area (TPSA) is 90.9 Å². The van der Waals surface area contributed by atoms with Gasteiger partial charge >= 0.3 is 5.97 Å². The normalized spacial score (nSPS) is 8.88. The molecule has 0 unspecified atom stereocenters. The highest BCUT2D eigenvalue weighted by molar-refractivity contribution is 6.07. The molecular formula is C12H8N2O3. The maximum absolute atomic E-state index is 11.7. The Balaban J connectivity index is 3.12. The Labute approximate surface area is 97.8 Å². The Morgan fingerprint density at radius 1 is 1.29 bits per heavy atom. The highest BCUT2D eigenvalue weighted by Crippen LogP contribution is 2.13. The molecule has 17 heavy (non-hydrogen) atoms. The van der Waals surface area contributed by atoms with Crippen LogP contribution in [0.25, 0.3) is 0 Å². The molecule has 0 amide bonds. The minimum absolute atomic E-state index is 0.0666. The molecule has 0 N–H and O–H groups in total. The van der Waals surface area contributed by atoms with E-state index in [1.54, 1.807) is 0 Å². The maximum atomic E-state index is 11.7. The maximum Gasteiger partial charge on any atom is 0.313 e. The van der Waals surface area contributed by atoms with Gasteiger partial charge in [-0.1, -0.05) is 0 Å². The molecule has 0 heterocycles. The standard InChI is InChI=1S/C12H8N2O3/c1-17-12(16)5-11(15)10-4-8(6-13)2-3-9(10)7-14/h2-4H,5H2,1H3. The summed E-state index contributed by atoms with van der Waals surface area (Å²) in [4.78, 5) is 22.7. The highest BCUT2D eigenvalue weighted by Gasteiger charge is 2.16. The number of hydrogen-bond donors (Lipinski definition) is 0. The van der Waals surface area contributed by atoms with Crippen molar-refractivity contribution >= 4 is 11.8 Å². The third-order valence-electron chi connectivity index (χ3n) is 2.10. The van der Waals surface area contributed by atoms with Crippen LogP contribution in [0.4, 0.5) is 0 Å². The molecule has 0 aromatic heterocycles. The van der Waals surface area contributed by atoms with Gasteiger partial charge in [0.25, 0.3) is 0 Å². The van der Waals surface area contributed by atoms with Gasteiger partial charge < -0.3 is 4.74 Å². The van der Waals surface area contributed by atoms with Crippen LogP contribution in [0.2, 0.25) is 0 Å². The van der Waals surface area contributed by atoms with Crippen molar-refractivity contribution in [3.63, 3.8) is 0 Å². The van der Waals surface area contributed by atoms with Crippen LogP contribution < -0.4 is 0 Å². The number of nitrogens with zero attached hydrogens (tertiary/aromatic N) is 2. The van der Waals surface area contributed by atoms with Crippen LogP contribution in [-0.4, -0.2) is 18.9 Å². The van der Waals surface area contributed by atoms with Crippen molar-refractivity contribution in [1.29, 1.82) is 10.5 Å². The van der Waals surface area contributed by atoms with Crippen molar-refractivity contribution < 1.29 is 14.3 Å². The number of hydrogen-bond acceptors (Lipinski definition) is 5. The number of carbonyl (C=O) groups excluding carboxylic acids is 2. The summed E-state index contributed by atoms with van der Waals surface area (Å²) in [6, 6.07) is 7.81. The van der Waals surface area contributed by atoms with Crippen LogP contribution in [-0.2, 0) is 9.53 Å². The summed E-state index contributed by atoms with van der Waals surface area (Å²) < 4.78 is 4.36. The Hall–Kier alpha value is -2.66. The number of nitriles is 2. The molecule has 1 aromatic rings. The van der Waals surface area contributed by atoms with Gasteiger partial charge in [0, 0.05) is 5.56 Å². The molecule has 0 aliphatic carbocycles. The minimum atomic E-state index is -0.679. The largest absolute Gasteiger partial charge is 0.469 e. The van der Waals surface area contributed by atoms with E-state index >= 15 is 0 Å². The molecule has 1 rings (SSSR count). The number of benzene rings is 1. The smallest absolute Gasteiger partial charge is 0.313 e. The molecule has 5 nitrogen and oxygen atoms in total. The van der Waals surface area contributed by atoms with Crippen molar-refractivity contribution in [3.05, 3.63) is 34.9 Å². The lowest BCUT2D eigenvalue weighted by atomic mass is 10.00. The summed E-state index contributed by atoms with van der Waals surface area (Å²) in [5.41, 5.74) is 0.465. The van der Waals surface area contributed by atoms with Gasteiger partial charge in [-0.25, -0.2) is 0 Å². The van der Waals surface area contributed by atoms with Crippen molar-refractivity contribution in [2.45, 2.75) is 6.42 Å². The second-order valence-electron chi connectivity index (χ2n) is 3.16. The van der Waals surface area contributed by atoms with Crippen LogP contribution in [0.5, 0.6) is 0 Å². The third-order valence-corrected chi connectivity index (χ3v) is 2.10. The second-order valence-corrected chi connectivity index (χ2v) is 3.16. The van der Waals surface area contributed by atoms with Crippen LogP contribution in [0.15, 0.2) is 18.2 Å². The fourth-order valence-corrected chi connectivity index (χ4v) is 1.24. The van der Waals surface area contributed by atoms with Crippen molar-refractivity contribution in [2.24, 2.45) is 0 Å². The first-order valence-corrected chi connectivity index (χ1v) is 4.66. The SMILES string of the molecule is COC(=O)CC(=O)c1cc(C#N)ccc1C#N. The summed E-state index contributed by atoms with van der Waals surface area (Å²) in [6.07, 6.45) is -0.444. The first kappa shape index (κ1) is 12.4. The first-order valence-electron chi connectivity index (χ1n) is 4.66. The first-order chi connectivity index (χ1) is 8.12. The predicted molar refractivity (Wildman–Crippen MR) is 56.8 cm³/mol. The number of rotatable bonds is 3. The second kappa shape index (κ2) is 5.43. The molecule has 0 radical (unpaired) electrons. The number of ether oxygens (including phenoxy) is 1. The Kier molecular flexibility index (Phi) is 3.96. The van der Waals surface area contributed by atoms with E-state index < -0.39 is 18.2 Å². The predicted octanol–water partition coefficient (Wildman–Crippen LogP) is 1.18. The Morgan fingerprint density at radius 2 is 2.00 bits per heavy atom. The molecular weight excluding hydrogens is 220 g/mol. The lowest BCUT2D eigenvalue weighted by molar-refractivity contribution is -0.139. The van der Waals surface area contributed by atoms with Crippen LogP contribution in [0, 0.1) is 22.7 Å². The zero-order valence-corrected chi connectivity index (χ0v) is 9.06. The Bertz CT molecular complexity index is 550. The van der Waals surface area contributed by atoms with E-state index in [-0.39, 0.29) is 16.7 Å². The zero-order chi connectivity index (χ0) is 12.8. The number of esters is 1. The summed E-state index contributed by atoms with van der Waals surface area (Å²) in [5, 5.41) is 17.5. The third kappa shape index (κ3) is 2.90. The van der Waals surface area contributed by atoms with Gasteiger partial charge in [0.05, 0.1) is 30.4 Å². The molecule has 0 saturated heterocycles. The Morgan fingerprint density at radius 3 is 2.53 bits per heavy atom. The summed E-state index contributed by atoms with van der Waals surface area (Å²) >= 11 is 0. The minimum Gasteiger partial charge on any atom is -0.469 e. The molecule has 0 atom stereocenters. The molecule has 1 aromatic carbocycles. The van der Waals surface area contributed by atoms with E-state index in [0.717, 1.165) is 0 Å². The van der Waals surface area contributed by atoms with Crippen molar-refractivity contribution in [2.75, 3.05) is 7.11 Å². The number of carbonyl (C=O) groups is 2. The van der Waals surface area contributed by atoms with E-state index in [0.29, 0.717) is 0 Å². The van der Waals surface area contributed by atoms with Crippen molar-refractivity contribution in [1.82, 2.24) is 0 Å².